The first-order valence-electron chi connectivity index (χ1n) is 4.39. The molecule has 0 aliphatic carbocycles. The molecule has 1 atom stereocenters. The van der Waals surface area contributed by atoms with E-state index >= 15 is 0 Å². The molecule has 3 heteroatoms. The molecular formula is C11H9NO2. The van der Waals surface area contributed by atoms with Gasteiger partial charge in [0.2, 0.25) is 0 Å². The first kappa shape index (κ1) is 8.76. The molecule has 0 bridgehead atoms. The van der Waals surface area contributed by atoms with Crippen LogP contribution in [0.1, 0.15) is 15.9 Å². The number of fused-ring (bicyclic) bond motifs is 1. The maximum absolute atomic E-state index is 11.7. The highest BCUT2D eigenvalue weighted by atomic mass is 16.5. The van der Waals surface area contributed by atoms with Gasteiger partial charge in [0, 0.05) is 0 Å². The van der Waals surface area contributed by atoms with Crippen LogP contribution in [0.15, 0.2) is 18.2 Å². The summed E-state index contributed by atoms with van der Waals surface area (Å²) in [6.07, 6.45) is 0. The Balaban J connectivity index is 2.49. The van der Waals surface area contributed by atoms with Crippen LogP contribution in [0.5, 0.6) is 5.75 Å². The minimum absolute atomic E-state index is 0.127. The normalized spacial score (nSPS) is 19.4. The van der Waals surface area contributed by atoms with Crippen molar-refractivity contribution in [2.24, 2.45) is 5.92 Å². The third-order valence-corrected chi connectivity index (χ3v) is 2.28. The topological polar surface area (TPSA) is 50.1 Å². The Morgan fingerprint density at radius 2 is 2.36 bits per heavy atom. The van der Waals surface area contributed by atoms with Gasteiger partial charge in [-0.1, -0.05) is 11.6 Å². The van der Waals surface area contributed by atoms with E-state index in [4.69, 9.17) is 10.00 Å². The van der Waals surface area contributed by atoms with Crippen LogP contribution in [-0.2, 0) is 0 Å². The number of carbonyl (C=O) groups is 1. The maximum Gasteiger partial charge on any atom is 0.187 e. The molecule has 0 saturated carbocycles. The molecular weight excluding hydrogens is 178 g/mol. The molecule has 2 rings (SSSR count). The number of ether oxygens (including phenoxy) is 1. The number of benzene rings is 1. The van der Waals surface area contributed by atoms with Crippen molar-refractivity contribution < 1.29 is 9.53 Å². The predicted octanol–water partition coefficient (Wildman–Crippen LogP) is 1.71. The van der Waals surface area contributed by atoms with Gasteiger partial charge < -0.3 is 4.74 Å². The zero-order valence-electron chi connectivity index (χ0n) is 7.78. The number of ketones is 1. The standard InChI is InChI=1S/C11H9NO2/c1-7-2-3-10-9(4-7)11(13)8(5-12)6-14-10/h2-4,8H,6H2,1H3. The number of Topliss-reactive ketones (excluding diaryl/α,β-unsaturated/α-hetero) is 1. The van der Waals surface area contributed by atoms with E-state index in [1.54, 1.807) is 12.1 Å². The number of hydrogen-bond donors (Lipinski definition) is 0. The molecule has 0 aromatic heterocycles. The van der Waals surface area contributed by atoms with Crippen molar-refractivity contribution in [2.45, 2.75) is 6.92 Å². The zero-order chi connectivity index (χ0) is 10.1. The van der Waals surface area contributed by atoms with Gasteiger partial charge in [-0.2, -0.15) is 5.26 Å². The van der Waals surface area contributed by atoms with E-state index in [0.29, 0.717) is 11.3 Å². The van der Waals surface area contributed by atoms with E-state index in [2.05, 4.69) is 0 Å². The van der Waals surface area contributed by atoms with E-state index in [1.807, 2.05) is 19.1 Å². The number of rotatable bonds is 0. The molecule has 1 unspecified atom stereocenters. The lowest BCUT2D eigenvalue weighted by Crippen LogP contribution is -2.26. The van der Waals surface area contributed by atoms with Crippen molar-refractivity contribution in [3.63, 3.8) is 0 Å². The maximum atomic E-state index is 11.7. The van der Waals surface area contributed by atoms with Gasteiger partial charge in [-0.3, -0.25) is 4.79 Å². The molecule has 0 amide bonds. The Bertz CT molecular complexity index is 431. The lowest BCUT2D eigenvalue weighted by Gasteiger charge is -2.19. The predicted molar refractivity (Wildman–Crippen MR) is 50.1 cm³/mol. The smallest absolute Gasteiger partial charge is 0.187 e. The van der Waals surface area contributed by atoms with Gasteiger partial charge in [0.15, 0.2) is 5.78 Å². The lowest BCUT2D eigenvalue weighted by molar-refractivity contribution is 0.0879. The van der Waals surface area contributed by atoms with Gasteiger partial charge >= 0.3 is 0 Å². The molecule has 0 N–H and O–H groups in total. The van der Waals surface area contributed by atoms with E-state index in [1.165, 1.54) is 0 Å². The lowest BCUT2D eigenvalue weighted by atomic mass is 9.95. The molecule has 3 nitrogen and oxygen atoms in total. The van der Waals surface area contributed by atoms with Crippen molar-refractivity contribution in [1.82, 2.24) is 0 Å². The monoisotopic (exact) mass is 187 g/mol. The van der Waals surface area contributed by atoms with Crippen molar-refractivity contribution in [3.8, 4) is 11.8 Å². The molecule has 1 aromatic carbocycles. The van der Waals surface area contributed by atoms with Crippen LogP contribution in [0, 0.1) is 24.2 Å². The Kier molecular flexibility index (Phi) is 1.97. The highest BCUT2D eigenvalue weighted by Gasteiger charge is 2.28. The second-order valence-corrected chi connectivity index (χ2v) is 3.36. The summed E-state index contributed by atoms with van der Waals surface area (Å²) in [6, 6.07) is 7.37. The fourth-order valence-corrected chi connectivity index (χ4v) is 1.49. The molecule has 0 radical (unpaired) electrons. The van der Waals surface area contributed by atoms with Crippen LogP contribution in [-0.4, -0.2) is 12.4 Å². The number of nitrogens with zero attached hydrogens (tertiary/aromatic N) is 1. The van der Waals surface area contributed by atoms with Crippen molar-refractivity contribution in [2.75, 3.05) is 6.61 Å². The van der Waals surface area contributed by atoms with Crippen LogP contribution >= 0.6 is 0 Å². The van der Waals surface area contributed by atoms with Gasteiger partial charge in [0.25, 0.3) is 0 Å². The van der Waals surface area contributed by atoms with Gasteiger partial charge in [0.1, 0.15) is 18.3 Å². The van der Waals surface area contributed by atoms with Crippen molar-refractivity contribution in [3.05, 3.63) is 29.3 Å². The number of hydrogen-bond acceptors (Lipinski definition) is 3. The quantitative estimate of drug-likeness (QED) is 0.621. The average Bonchev–Trinajstić information content (AvgIpc) is 2.20. The summed E-state index contributed by atoms with van der Waals surface area (Å²) in [5, 5.41) is 8.71. The summed E-state index contributed by atoms with van der Waals surface area (Å²) < 4.78 is 5.31. The Morgan fingerprint density at radius 1 is 1.57 bits per heavy atom. The second-order valence-electron chi connectivity index (χ2n) is 3.36. The fourth-order valence-electron chi connectivity index (χ4n) is 1.49. The second kappa shape index (κ2) is 3.15. The average molecular weight is 187 g/mol. The van der Waals surface area contributed by atoms with Crippen molar-refractivity contribution in [1.29, 1.82) is 5.26 Å². The van der Waals surface area contributed by atoms with Gasteiger partial charge in [-0.25, -0.2) is 0 Å². The Morgan fingerprint density at radius 3 is 3.07 bits per heavy atom. The third kappa shape index (κ3) is 1.25. The molecule has 0 fully saturated rings. The van der Waals surface area contributed by atoms with Gasteiger partial charge in [-0.15, -0.1) is 0 Å². The SMILES string of the molecule is Cc1ccc2c(c1)C(=O)C(C#N)CO2. The number of nitriles is 1. The molecule has 70 valence electrons. The molecule has 1 aliphatic rings. The largest absolute Gasteiger partial charge is 0.491 e. The summed E-state index contributed by atoms with van der Waals surface area (Å²) >= 11 is 0. The minimum atomic E-state index is -0.649. The Labute approximate surface area is 81.9 Å². The zero-order valence-corrected chi connectivity index (χ0v) is 7.78. The summed E-state index contributed by atoms with van der Waals surface area (Å²) in [7, 11) is 0. The molecule has 0 spiro atoms. The highest BCUT2D eigenvalue weighted by molar-refractivity contribution is 6.02. The van der Waals surface area contributed by atoms with E-state index < -0.39 is 5.92 Å². The van der Waals surface area contributed by atoms with Gasteiger partial charge in [-0.05, 0) is 19.1 Å². The third-order valence-electron chi connectivity index (χ3n) is 2.28. The summed E-state index contributed by atoms with van der Waals surface area (Å²) in [5.41, 5.74) is 1.53. The Hall–Kier alpha value is -1.82. The van der Waals surface area contributed by atoms with E-state index in [0.717, 1.165) is 5.56 Å². The molecule has 1 aromatic rings. The van der Waals surface area contributed by atoms with Crippen LogP contribution in [0.4, 0.5) is 0 Å². The number of carbonyl (C=O) groups excluding carboxylic acids is 1. The minimum Gasteiger partial charge on any atom is -0.491 e. The summed E-state index contributed by atoms with van der Waals surface area (Å²) in [5.74, 6) is -0.186. The van der Waals surface area contributed by atoms with Gasteiger partial charge in [0.05, 0.1) is 11.6 Å². The first-order valence-corrected chi connectivity index (χ1v) is 4.39. The fraction of sp³-hybridized carbons (Fsp3) is 0.273. The van der Waals surface area contributed by atoms with Crippen LogP contribution in [0.25, 0.3) is 0 Å². The van der Waals surface area contributed by atoms with Crippen LogP contribution in [0.3, 0.4) is 0 Å². The van der Waals surface area contributed by atoms with E-state index in [-0.39, 0.29) is 12.4 Å². The van der Waals surface area contributed by atoms with E-state index in [9.17, 15) is 4.79 Å². The first-order chi connectivity index (χ1) is 6.72. The van der Waals surface area contributed by atoms with Crippen LogP contribution in [0.2, 0.25) is 0 Å². The highest BCUT2D eigenvalue weighted by Crippen LogP contribution is 2.27. The molecule has 1 aliphatic heterocycles. The van der Waals surface area contributed by atoms with Crippen molar-refractivity contribution >= 4 is 5.78 Å². The summed E-state index contributed by atoms with van der Waals surface area (Å²) in [6.45, 7) is 2.08. The molecule has 0 saturated heterocycles. The molecule has 14 heavy (non-hydrogen) atoms. The molecule has 1 heterocycles. The number of aryl methyl sites for hydroxylation is 1. The van der Waals surface area contributed by atoms with Crippen LogP contribution < -0.4 is 4.74 Å². The summed E-state index contributed by atoms with van der Waals surface area (Å²) in [4.78, 5) is 11.7.